The molecule has 0 amide bonds. The maximum atomic E-state index is 5.93. The molecule has 0 saturated carbocycles. The molecule has 1 aliphatic heterocycles. The van der Waals surface area contributed by atoms with Crippen molar-refractivity contribution in [1.82, 2.24) is 9.78 Å². The third-order valence-corrected chi connectivity index (χ3v) is 4.42. The second-order valence-corrected chi connectivity index (χ2v) is 5.19. The van der Waals surface area contributed by atoms with Gasteiger partial charge in [0.15, 0.2) is 0 Å². The van der Waals surface area contributed by atoms with Gasteiger partial charge in [-0.2, -0.15) is 16.9 Å². The Morgan fingerprint density at radius 1 is 1.69 bits per heavy atom. The van der Waals surface area contributed by atoms with E-state index in [0.717, 1.165) is 21.7 Å². The van der Waals surface area contributed by atoms with Gasteiger partial charge in [-0.1, -0.05) is 0 Å². The van der Waals surface area contributed by atoms with Gasteiger partial charge in [0.25, 0.3) is 0 Å². The molecule has 0 radical (unpaired) electrons. The Morgan fingerprint density at radius 3 is 2.92 bits per heavy atom. The second-order valence-electron chi connectivity index (χ2n) is 3.25. The number of aromatic nitrogens is 2. The van der Waals surface area contributed by atoms with Gasteiger partial charge in [0.1, 0.15) is 5.82 Å². The molecule has 2 rings (SSSR count). The van der Waals surface area contributed by atoms with Crippen LogP contribution in [0.5, 0.6) is 0 Å². The summed E-state index contributed by atoms with van der Waals surface area (Å²) in [5.74, 6) is 3.13. The Balaban J connectivity index is 2.34. The topological polar surface area (TPSA) is 43.8 Å². The van der Waals surface area contributed by atoms with Gasteiger partial charge < -0.3 is 5.73 Å². The molecule has 3 nitrogen and oxygen atoms in total. The Hall–Kier alpha value is -0.160. The van der Waals surface area contributed by atoms with Crippen molar-refractivity contribution in [3.63, 3.8) is 0 Å². The zero-order valence-corrected chi connectivity index (χ0v) is 9.86. The molecule has 1 saturated heterocycles. The van der Waals surface area contributed by atoms with Crippen molar-refractivity contribution in [2.24, 2.45) is 0 Å². The highest BCUT2D eigenvalue weighted by Gasteiger charge is 2.22. The summed E-state index contributed by atoms with van der Waals surface area (Å²) in [5.41, 5.74) is 6.91. The highest BCUT2D eigenvalue weighted by molar-refractivity contribution is 9.10. The summed E-state index contributed by atoms with van der Waals surface area (Å²) < 4.78 is 2.91. The average Bonchev–Trinajstić information content (AvgIpc) is 2.70. The molecule has 1 unspecified atom stereocenters. The molecule has 0 spiro atoms. The van der Waals surface area contributed by atoms with Crippen LogP contribution in [0, 0.1) is 6.92 Å². The minimum Gasteiger partial charge on any atom is -0.383 e. The summed E-state index contributed by atoms with van der Waals surface area (Å²) in [6.45, 7) is 1.97. The number of nitrogen functional groups attached to an aromatic ring is 1. The normalized spacial score (nSPS) is 22.5. The van der Waals surface area contributed by atoms with Crippen LogP contribution >= 0.6 is 27.7 Å². The third kappa shape index (κ3) is 1.59. The summed E-state index contributed by atoms with van der Waals surface area (Å²) in [6, 6.07) is 0.495. The molecule has 0 bridgehead atoms. The fourth-order valence-corrected chi connectivity index (χ4v) is 2.98. The standard InChI is InChI=1S/C8H12BrN3S/c1-5-7(9)8(10)12(11-5)6-2-3-13-4-6/h6H,2-4,10H2,1H3. The van der Waals surface area contributed by atoms with Crippen LogP contribution in [-0.4, -0.2) is 21.3 Å². The summed E-state index contributed by atoms with van der Waals surface area (Å²) in [6.07, 6.45) is 1.18. The van der Waals surface area contributed by atoms with E-state index in [2.05, 4.69) is 21.0 Å². The van der Waals surface area contributed by atoms with E-state index in [0.29, 0.717) is 6.04 Å². The number of hydrogen-bond acceptors (Lipinski definition) is 3. The second kappa shape index (κ2) is 3.53. The van der Waals surface area contributed by atoms with Crippen LogP contribution in [0.15, 0.2) is 4.47 Å². The molecule has 2 N–H and O–H groups in total. The average molecular weight is 262 g/mol. The minimum atomic E-state index is 0.495. The van der Waals surface area contributed by atoms with E-state index in [4.69, 9.17) is 5.73 Å². The summed E-state index contributed by atoms with van der Waals surface area (Å²) in [5, 5.41) is 4.42. The van der Waals surface area contributed by atoms with Gasteiger partial charge in [-0.15, -0.1) is 0 Å². The fourth-order valence-electron chi connectivity index (χ4n) is 1.54. The first-order valence-electron chi connectivity index (χ1n) is 4.28. The van der Waals surface area contributed by atoms with Crippen LogP contribution in [0.1, 0.15) is 18.2 Å². The molecule has 1 atom stereocenters. The monoisotopic (exact) mass is 261 g/mol. The van der Waals surface area contributed by atoms with Crippen molar-refractivity contribution in [2.75, 3.05) is 17.2 Å². The predicted octanol–water partition coefficient (Wildman–Crippen LogP) is 2.21. The number of rotatable bonds is 1. The van der Waals surface area contributed by atoms with Crippen LogP contribution in [0.4, 0.5) is 5.82 Å². The number of aryl methyl sites for hydroxylation is 1. The van der Waals surface area contributed by atoms with Gasteiger partial charge in [0, 0.05) is 5.75 Å². The molecule has 2 heterocycles. The Morgan fingerprint density at radius 2 is 2.46 bits per heavy atom. The van der Waals surface area contributed by atoms with Gasteiger partial charge >= 0.3 is 0 Å². The summed E-state index contributed by atoms with van der Waals surface area (Å²) in [4.78, 5) is 0. The quantitative estimate of drug-likeness (QED) is 0.843. The van der Waals surface area contributed by atoms with E-state index in [9.17, 15) is 0 Å². The lowest BCUT2D eigenvalue weighted by molar-refractivity contribution is 0.506. The van der Waals surface area contributed by atoms with E-state index >= 15 is 0 Å². The van der Waals surface area contributed by atoms with Gasteiger partial charge in [-0.25, -0.2) is 4.68 Å². The first kappa shape index (κ1) is 9.40. The number of halogens is 1. The van der Waals surface area contributed by atoms with Crippen molar-refractivity contribution >= 4 is 33.5 Å². The van der Waals surface area contributed by atoms with Crippen molar-refractivity contribution < 1.29 is 0 Å². The number of nitrogens with zero attached hydrogens (tertiary/aromatic N) is 2. The molecular weight excluding hydrogens is 250 g/mol. The van der Waals surface area contributed by atoms with Crippen molar-refractivity contribution in [3.8, 4) is 0 Å². The van der Waals surface area contributed by atoms with Gasteiger partial charge in [0.05, 0.1) is 16.2 Å². The van der Waals surface area contributed by atoms with Crippen LogP contribution in [0.2, 0.25) is 0 Å². The predicted molar refractivity (Wildman–Crippen MR) is 60.1 cm³/mol. The Bertz CT molecular complexity index is 317. The number of thioether (sulfide) groups is 1. The van der Waals surface area contributed by atoms with E-state index in [1.807, 2.05) is 23.4 Å². The SMILES string of the molecule is Cc1nn(C2CCSC2)c(N)c1Br. The van der Waals surface area contributed by atoms with Crippen LogP contribution < -0.4 is 5.73 Å². The van der Waals surface area contributed by atoms with Crippen LogP contribution in [0.25, 0.3) is 0 Å². The molecule has 72 valence electrons. The van der Waals surface area contributed by atoms with E-state index in [1.165, 1.54) is 12.2 Å². The van der Waals surface area contributed by atoms with Gasteiger partial charge in [0.2, 0.25) is 0 Å². The van der Waals surface area contributed by atoms with Crippen molar-refractivity contribution in [1.29, 1.82) is 0 Å². The van der Waals surface area contributed by atoms with Crippen LogP contribution in [0.3, 0.4) is 0 Å². The molecule has 13 heavy (non-hydrogen) atoms. The maximum Gasteiger partial charge on any atom is 0.136 e. The van der Waals surface area contributed by atoms with Crippen LogP contribution in [-0.2, 0) is 0 Å². The highest BCUT2D eigenvalue weighted by atomic mass is 79.9. The van der Waals surface area contributed by atoms with E-state index in [-0.39, 0.29) is 0 Å². The first-order chi connectivity index (χ1) is 6.20. The Kier molecular flexibility index (Phi) is 2.55. The van der Waals surface area contributed by atoms with E-state index < -0.39 is 0 Å². The molecule has 1 aromatic heterocycles. The lowest BCUT2D eigenvalue weighted by Gasteiger charge is -2.10. The number of anilines is 1. The summed E-state index contributed by atoms with van der Waals surface area (Å²) in [7, 11) is 0. The molecular formula is C8H12BrN3S. The molecule has 1 aromatic rings. The highest BCUT2D eigenvalue weighted by Crippen LogP contribution is 2.32. The molecule has 0 aliphatic carbocycles. The minimum absolute atomic E-state index is 0.495. The molecule has 1 fully saturated rings. The maximum absolute atomic E-state index is 5.93. The molecule has 5 heteroatoms. The lowest BCUT2D eigenvalue weighted by Crippen LogP contribution is -2.12. The zero-order valence-electron chi connectivity index (χ0n) is 7.46. The summed E-state index contributed by atoms with van der Waals surface area (Å²) >= 11 is 5.40. The van der Waals surface area contributed by atoms with Gasteiger partial charge in [-0.3, -0.25) is 0 Å². The number of nitrogens with two attached hydrogens (primary N) is 1. The Labute approximate surface area is 90.2 Å². The largest absolute Gasteiger partial charge is 0.383 e. The van der Waals surface area contributed by atoms with Crippen molar-refractivity contribution in [3.05, 3.63) is 10.2 Å². The smallest absolute Gasteiger partial charge is 0.136 e. The number of hydrogen-bond donors (Lipinski definition) is 1. The van der Waals surface area contributed by atoms with E-state index in [1.54, 1.807) is 0 Å². The lowest BCUT2D eigenvalue weighted by atomic mass is 10.3. The van der Waals surface area contributed by atoms with Gasteiger partial charge in [-0.05, 0) is 35.0 Å². The zero-order chi connectivity index (χ0) is 9.42. The molecule has 0 aromatic carbocycles. The molecule has 1 aliphatic rings. The first-order valence-corrected chi connectivity index (χ1v) is 6.22. The van der Waals surface area contributed by atoms with Crippen molar-refractivity contribution in [2.45, 2.75) is 19.4 Å². The fraction of sp³-hybridized carbons (Fsp3) is 0.625. The third-order valence-electron chi connectivity index (χ3n) is 2.30.